The third-order valence-corrected chi connectivity index (χ3v) is 4.47. The summed E-state index contributed by atoms with van der Waals surface area (Å²) >= 11 is 0. The third-order valence-electron chi connectivity index (χ3n) is 4.47. The van der Waals surface area contributed by atoms with Gasteiger partial charge in [0.1, 0.15) is 0 Å². The van der Waals surface area contributed by atoms with E-state index >= 15 is 0 Å². The van der Waals surface area contributed by atoms with E-state index in [4.69, 9.17) is 29.0 Å². The SMILES string of the molecule is [CH2]CCOCCCOCC[C](OOC(=O)c1ccccc1C)OOC(=O)c1ccccc1C. The molecular weight excluding hydrogens is 428 g/mol. The van der Waals surface area contributed by atoms with Crippen LogP contribution in [0.15, 0.2) is 48.5 Å². The Morgan fingerprint density at radius 3 is 1.67 bits per heavy atom. The Labute approximate surface area is 194 Å². The number of ether oxygens (including phenoxy) is 2. The van der Waals surface area contributed by atoms with Crippen molar-refractivity contribution in [2.45, 2.75) is 33.1 Å². The van der Waals surface area contributed by atoms with Gasteiger partial charge in [-0.3, -0.25) is 9.78 Å². The molecule has 8 nitrogen and oxygen atoms in total. The third kappa shape index (κ3) is 9.71. The van der Waals surface area contributed by atoms with E-state index in [1.54, 1.807) is 62.4 Å². The summed E-state index contributed by atoms with van der Waals surface area (Å²) in [6.07, 6.45) is 1.27. The molecule has 2 rings (SSSR count). The standard InChI is InChI=1S/C25H30O8/c1-4-15-28-16-9-17-29-18-14-23(30-32-24(26)21-12-7-5-10-19(21)2)31-33-25(27)22-13-8-6-11-20(22)3/h5-8,10-13H,1,4,9,14-18H2,2-3H3. The highest BCUT2D eigenvalue weighted by Crippen LogP contribution is 2.17. The van der Waals surface area contributed by atoms with Crippen molar-refractivity contribution in [2.24, 2.45) is 0 Å². The van der Waals surface area contributed by atoms with Gasteiger partial charge in [0, 0.05) is 26.2 Å². The summed E-state index contributed by atoms with van der Waals surface area (Å²) in [5, 5.41) is 0. The van der Waals surface area contributed by atoms with Crippen molar-refractivity contribution >= 4 is 11.9 Å². The van der Waals surface area contributed by atoms with E-state index in [2.05, 4.69) is 6.92 Å². The topological polar surface area (TPSA) is 89.5 Å². The fourth-order valence-electron chi connectivity index (χ4n) is 2.68. The largest absolute Gasteiger partial charge is 0.381 e. The molecule has 0 heterocycles. The van der Waals surface area contributed by atoms with Gasteiger partial charge in [-0.15, -0.1) is 9.78 Å². The minimum atomic E-state index is -0.706. The van der Waals surface area contributed by atoms with Crippen molar-refractivity contribution in [2.75, 3.05) is 26.4 Å². The molecular formula is C25H30O8. The summed E-state index contributed by atoms with van der Waals surface area (Å²) < 4.78 is 10.8. The van der Waals surface area contributed by atoms with E-state index in [-0.39, 0.29) is 19.3 Å². The molecule has 2 radical (unpaired) electrons. The Kier molecular flexibility index (Phi) is 12.1. The summed E-state index contributed by atoms with van der Waals surface area (Å²) in [7, 11) is 0. The van der Waals surface area contributed by atoms with Crippen molar-refractivity contribution in [3.8, 4) is 0 Å². The lowest BCUT2D eigenvalue weighted by molar-refractivity contribution is -0.364. The normalized spacial score (nSPS) is 10.9. The molecule has 0 N–H and O–H groups in total. The van der Waals surface area contributed by atoms with Crippen molar-refractivity contribution in [1.29, 1.82) is 0 Å². The predicted octanol–water partition coefficient (Wildman–Crippen LogP) is 4.71. The van der Waals surface area contributed by atoms with Gasteiger partial charge in [-0.25, -0.2) is 9.59 Å². The molecule has 0 aliphatic rings. The van der Waals surface area contributed by atoms with E-state index in [0.29, 0.717) is 37.4 Å². The molecule has 0 bridgehead atoms. The first-order chi connectivity index (χ1) is 16.0. The Balaban J connectivity index is 1.85. The molecule has 0 aliphatic carbocycles. The molecule has 0 aromatic heterocycles. The molecule has 0 aliphatic heterocycles. The quantitative estimate of drug-likeness (QED) is 0.215. The van der Waals surface area contributed by atoms with Crippen LogP contribution < -0.4 is 0 Å². The zero-order valence-corrected chi connectivity index (χ0v) is 19.0. The lowest BCUT2D eigenvalue weighted by Gasteiger charge is -2.14. The second kappa shape index (κ2) is 15.1. The Morgan fingerprint density at radius 1 is 0.697 bits per heavy atom. The number of aryl methyl sites for hydroxylation is 2. The summed E-state index contributed by atoms with van der Waals surface area (Å²) in [6.45, 7) is 9.07. The van der Waals surface area contributed by atoms with Crippen molar-refractivity contribution in [3.63, 3.8) is 0 Å². The smallest absolute Gasteiger partial charge is 0.373 e. The molecule has 0 spiro atoms. The first-order valence-corrected chi connectivity index (χ1v) is 10.7. The van der Waals surface area contributed by atoms with E-state index in [1.807, 2.05) is 0 Å². The van der Waals surface area contributed by atoms with Gasteiger partial charge >= 0.3 is 18.2 Å². The minimum absolute atomic E-state index is 0.0713. The van der Waals surface area contributed by atoms with Crippen LogP contribution in [0.4, 0.5) is 0 Å². The predicted molar refractivity (Wildman–Crippen MR) is 119 cm³/mol. The first kappa shape index (κ1) is 26.5. The highest BCUT2D eigenvalue weighted by Gasteiger charge is 2.22. The van der Waals surface area contributed by atoms with Crippen LogP contribution in [0, 0.1) is 27.1 Å². The van der Waals surface area contributed by atoms with Gasteiger partial charge < -0.3 is 9.47 Å². The van der Waals surface area contributed by atoms with Gasteiger partial charge in [0.15, 0.2) is 0 Å². The molecule has 8 heteroatoms. The molecule has 2 aromatic carbocycles. The number of rotatable bonds is 15. The maximum atomic E-state index is 12.3. The van der Waals surface area contributed by atoms with Crippen LogP contribution in [-0.4, -0.2) is 38.4 Å². The number of carbonyl (C=O) groups is 2. The average Bonchev–Trinajstić information content (AvgIpc) is 2.82. The lowest BCUT2D eigenvalue weighted by atomic mass is 10.1. The molecule has 0 fully saturated rings. The molecule has 0 saturated carbocycles. The van der Waals surface area contributed by atoms with Crippen molar-refractivity contribution < 1.29 is 38.6 Å². The van der Waals surface area contributed by atoms with Crippen LogP contribution in [0.2, 0.25) is 0 Å². The van der Waals surface area contributed by atoms with Crippen molar-refractivity contribution in [3.05, 3.63) is 84.0 Å². The number of hydrogen-bond acceptors (Lipinski definition) is 8. The molecule has 178 valence electrons. The molecule has 33 heavy (non-hydrogen) atoms. The van der Waals surface area contributed by atoms with Crippen molar-refractivity contribution in [1.82, 2.24) is 0 Å². The Bertz CT molecular complexity index is 805. The van der Waals surface area contributed by atoms with Crippen LogP contribution in [0.25, 0.3) is 0 Å². The molecule has 2 aromatic rings. The number of carbonyl (C=O) groups excluding carboxylic acids is 2. The highest BCUT2D eigenvalue weighted by atomic mass is 17.3. The molecule has 0 amide bonds. The fourth-order valence-corrected chi connectivity index (χ4v) is 2.68. The number of benzene rings is 2. The second-order valence-electron chi connectivity index (χ2n) is 7.09. The van der Waals surface area contributed by atoms with E-state index < -0.39 is 11.9 Å². The summed E-state index contributed by atoms with van der Waals surface area (Å²) in [5.41, 5.74) is 2.13. The zero-order chi connectivity index (χ0) is 23.9. The maximum Gasteiger partial charge on any atom is 0.373 e. The van der Waals surface area contributed by atoms with Crippen LogP contribution >= 0.6 is 0 Å². The van der Waals surface area contributed by atoms with Gasteiger partial charge in [-0.05, 0) is 49.9 Å². The number of hydrogen-bond donors (Lipinski definition) is 0. The van der Waals surface area contributed by atoms with Gasteiger partial charge in [0.05, 0.1) is 17.7 Å². The van der Waals surface area contributed by atoms with Gasteiger partial charge in [0.2, 0.25) is 0 Å². The van der Waals surface area contributed by atoms with Gasteiger partial charge in [-0.2, -0.15) is 0 Å². The molecule has 0 unspecified atom stereocenters. The first-order valence-electron chi connectivity index (χ1n) is 10.7. The summed E-state index contributed by atoms with van der Waals surface area (Å²) in [4.78, 5) is 44.5. The van der Waals surface area contributed by atoms with Crippen LogP contribution in [-0.2, 0) is 29.0 Å². The minimum Gasteiger partial charge on any atom is -0.381 e. The second-order valence-corrected chi connectivity index (χ2v) is 7.09. The summed E-state index contributed by atoms with van der Waals surface area (Å²) in [6, 6.07) is 13.8. The monoisotopic (exact) mass is 458 g/mol. The molecule has 0 atom stereocenters. The molecule has 0 saturated heterocycles. The zero-order valence-electron chi connectivity index (χ0n) is 19.0. The van der Waals surface area contributed by atoms with E-state index in [1.165, 1.54) is 0 Å². The highest BCUT2D eigenvalue weighted by molar-refractivity contribution is 5.91. The average molecular weight is 459 g/mol. The summed E-state index contributed by atoms with van der Waals surface area (Å²) in [5.74, 6) is -1.41. The lowest BCUT2D eigenvalue weighted by Crippen LogP contribution is -2.18. The fraction of sp³-hybridized carbons (Fsp3) is 0.360. The Hall–Kier alpha value is -2.78. The van der Waals surface area contributed by atoms with E-state index in [0.717, 1.165) is 17.5 Å². The van der Waals surface area contributed by atoms with Gasteiger partial charge in [0.25, 0.3) is 0 Å². The van der Waals surface area contributed by atoms with Crippen LogP contribution in [0.3, 0.4) is 0 Å². The Morgan fingerprint density at radius 2 is 1.18 bits per heavy atom. The van der Waals surface area contributed by atoms with Gasteiger partial charge in [-0.1, -0.05) is 43.3 Å². The maximum absolute atomic E-state index is 12.3. The van der Waals surface area contributed by atoms with Crippen LogP contribution in [0.1, 0.15) is 51.1 Å². The van der Waals surface area contributed by atoms with Crippen LogP contribution in [0.5, 0.6) is 0 Å². The van der Waals surface area contributed by atoms with E-state index in [9.17, 15) is 9.59 Å².